The number of rotatable bonds is 6. The molecule has 0 aliphatic rings. The molecule has 0 fully saturated rings. The molecule has 2 aromatic heterocycles. The standard InChI is InChI=1S/C13H18N4O3.C8H9NO2.C3H8.2C2H6/c1-9(18)6-4-5-7-17-12(19)10-11(14-8-15(10)2)16(3)13(17)20;1-5(10)7-3-2-6(9)4-8(7)11;1-3-2;2*1-2/h8H,4-7H2,1-3H3;2-4,11H,9H2,1H3;3H2,1-2H3;2*1-2H3. The first kappa shape index (κ1) is 36.5. The van der Waals surface area contributed by atoms with Gasteiger partial charge in [0.05, 0.1) is 11.9 Å². The summed E-state index contributed by atoms with van der Waals surface area (Å²) < 4.78 is 4.20. The van der Waals surface area contributed by atoms with Gasteiger partial charge in [-0.15, -0.1) is 0 Å². The van der Waals surface area contributed by atoms with Crippen LogP contribution in [0, 0.1) is 0 Å². The summed E-state index contributed by atoms with van der Waals surface area (Å²) >= 11 is 0. The number of aromatic nitrogens is 4. The van der Waals surface area contributed by atoms with Crippen molar-refractivity contribution in [2.75, 3.05) is 5.73 Å². The van der Waals surface area contributed by atoms with Gasteiger partial charge in [0.2, 0.25) is 0 Å². The molecule has 0 amide bonds. The number of fused-ring (bicyclic) bond motifs is 1. The minimum atomic E-state index is -0.371. The molecule has 3 rings (SSSR count). The number of hydrogen-bond donors (Lipinski definition) is 2. The maximum atomic E-state index is 12.3. The van der Waals surface area contributed by atoms with Crippen molar-refractivity contribution in [3.63, 3.8) is 0 Å². The Morgan fingerprint density at radius 1 is 1.00 bits per heavy atom. The number of hydrogen-bond acceptors (Lipinski definition) is 7. The van der Waals surface area contributed by atoms with E-state index in [0.29, 0.717) is 48.2 Å². The number of aromatic hydroxyl groups is 1. The number of ketones is 2. The third kappa shape index (κ3) is 11.1. The maximum Gasteiger partial charge on any atom is 0.332 e. The number of nitrogen functional groups attached to an aromatic ring is 1. The highest BCUT2D eigenvalue weighted by Gasteiger charge is 2.14. The van der Waals surface area contributed by atoms with Crippen LogP contribution in [0.2, 0.25) is 0 Å². The number of unbranched alkanes of at least 4 members (excludes halogenated alkanes) is 1. The number of nitrogens with two attached hydrogens (primary N) is 1. The number of carbonyl (C=O) groups excluding carboxylic acids is 2. The van der Waals surface area contributed by atoms with Crippen molar-refractivity contribution in [1.82, 2.24) is 18.7 Å². The third-order valence-electron chi connectivity index (χ3n) is 4.76. The van der Waals surface area contributed by atoms with Gasteiger partial charge in [-0.05, 0) is 38.8 Å². The van der Waals surface area contributed by atoms with E-state index in [1.54, 1.807) is 24.7 Å². The van der Waals surface area contributed by atoms with E-state index in [9.17, 15) is 19.2 Å². The molecule has 3 aromatic rings. The van der Waals surface area contributed by atoms with Crippen LogP contribution in [0.4, 0.5) is 5.69 Å². The van der Waals surface area contributed by atoms with Gasteiger partial charge in [-0.3, -0.25) is 18.7 Å². The summed E-state index contributed by atoms with van der Waals surface area (Å²) in [5, 5.41) is 9.16. The molecular formula is C28H47N5O5. The molecular weight excluding hydrogens is 486 g/mol. The Morgan fingerprint density at radius 3 is 2.03 bits per heavy atom. The normalized spacial score (nSPS) is 9.42. The van der Waals surface area contributed by atoms with Gasteiger partial charge in [-0.25, -0.2) is 9.78 Å². The zero-order chi connectivity index (χ0) is 30.0. The molecule has 0 aliphatic carbocycles. The van der Waals surface area contributed by atoms with E-state index < -0.39 is 0 Å². The minimum Gasteiger partial charge on any atom is -0.507 e. The fraction of sp³-hybridized carbons (Fsp3) is 0.536. The monoisotopic (exact) mass is 533 g/mol. The molecule has 0 bridgehead atoms. The lowest BCUT2D eigenvalue weighted by atomic mass is 10.1. The van der Waals surface area contributed by atoms with Gasteiger partial charge in [-0.2, -0.15) is 0 Å². The van der Waals surface area contributed by atoms with Crippen LogP contribution in [0.3, 0.4) is 0 Å². The van der Waals surface area contributed by atoms with Crippen molar-refractivity contribution in [1.29, 1.82) is 0 Å². The van der Waals surface area contributed by atoms with E-state index in [0.717, 1.165) is 0 Å². The summed E-state index contributed by atoms with van der Waals surface area (Å²) in [5.74, 6) is -0.104. The summed E-state index contributed by atoms with van der Waals surface area (Å²) in [7, 11) is 3.32. The number of nitrogens with zero attached hydrogens (tertiary/aromatic N) is 4. The molecule has 2 heterocycles. The number of phenolic OH excluding ortho intramolecular Hbond substituents is 1. The summed E-state index contributed by atoms with van der Waals surface area (Å²) in [6, 6.07) is 4.44. The fourth-order valence-corrected chi connectivity index (χ4v) is 3.08. The predicted molar refractivity (Wildman–Crippen MR) is 156 cm³/mol. The molecule has 0 saturated carbocycles. The van der Waals surface area contributed by atoms with Crippen molar-refractivity contribution in [2.45, 2.75) is 87.6 Å². The SMILES string of the molecule is CC.CC.CC(=O)CCCCn1c(=O)c2c(ncn2C)n(C)c1=O.CC(=O)c1ccc(N)cc1O.CCC. The van der Waals surface area contributed by atoms with Crippen LogP contribution in [0.1, 0.15) is 91.4 Å². The van der Waals surface area contributed by atoms with Crippen molar-refractivity contribution in [2.24, 2.45) is 14.1 Å². The van der Waals surface area contributed by atoms with E-state index in [1.807, 2.05) is 27.7 Å². The average molecular weight is 534 g/mol. The van der Waals surface area contributed by atoms with Gasteiger partial charge in [0.25, 0.3) is 5.56 Å². The van der Waals surface area contributed by atoms with Crippen molar-refractivity contribution in [3.05, 3.63) is 50.9 Å². The van der Waals surface area contributed by atoms with Crippen LogP contribution in [-0.2, 0) is 25.4 Å². The Bertz CT molecular complexity index is 1250. The Labute approximate surface area is 226 Å². The Morgan fingerprint density at radius 2 is 1.55 bits per heavy atom. The quantitative estimate of drug-likeness (QED) is 0.262. The largest absolute Gasteiger partial charge is 0.507 e. The molecule has 214 valence electrons. The second-order valence-corrected chi connectivity index (χ2v) is 8.03. The number of imidazole rings is 1. The average Bonchev–Trinajstić information content (AvgIpc) is 3.27. The van der Waals surface area contributed by atoms with Crippen LogP contribution in [0.25, 0.3) is 11.2 Å². The van der Waals surface area contributed by atoms with Gasteiger partial charge in [0.1, 0.15) is 11.5 Å². The van der Waals surface area contributed by atoms with Gasteiger partial charge < -0.3 is 20.2 Å². The number of aryl methyl sites for hydroxylation is 2. The Hall–Kier alpha value is -3.69. The molecule has 10 heteroatoms. The van der Waals surface area contributed by atoms with Crippen LogP contribution in [0.5, 0.6) is 5.75 Å². The highest BCUT2D eigenvalue weighted by atomic mass is 16.3. The van der Waals surface area contributed by atoms with Crippen LogP contribution in [0.15, 0.2) is 34.1 Å². The summed E-state index contributed by atoms with van der Waals surface area (Å²) in [6.45, 7) is 15.5. The summed E-state index contributed by atoms with van der Waals surface area (Å²) in [4.78, 5) is 50.2. The van der Waals surface area contributed by atoms with Gasteiger partial charge >= 0.3 is 5.69 Å². The Kier molecular flexibility index (Phi) is 18.6. The Balaban J connectivity index is 0. The predicted octanol–water partition coefficient (Wildman–Crippen LogP) is 4.84. The van der Waals surface area contributed by atoms with Crippen LogP contribution in [-0.4, -0.2) is 35.4 Å². The van der Waals surface area contributed by atoms with E-state index in [1.165, 1.54) is 47.9 Å². The first-order valence-corrected chi connectivity index (χ1v) is 13.2. The second-order valence-electron chi connectivity index (χ2n) is 8.03. The lowest BCUT2D eigenvalue weighted by molar-refractivity contribution is -0.117. The van der Waals surface area contributed by atoms with Crippen molar-refractivity contribution >= 4 is 28.4 Å². The molecule has 0 aliphatic heterocycles. The zero-order valence-electron chi connectivity index (χ0n) is 24.8. The molecule has 0 saturated heterocycles. The molecule has 3 N–H and O–H groups in total. The smallest absolute Gasteiger partial charge is 0.332 e. The number of anilines is 1. The third-order valence-corrected chi connectivity index (χ3v) is 4.76. The molecule has 0 radical (unpaired) electrons. The van der Waals surface area contributed by atoms with E-state index in [4.69, 9.17) is 10.8 Å². The number of phenols is 1. The van der Waals surface area contributed by atoms with Gasteiger partial charge in [0, 0.05) is 38.8 Å². The van der Waals surface area contributed by atoms with Crippen LogP contribution < -0.4 is 17.0 Å². The fourth-order valence-electron chi connectivity index (χ4n) is 3.08. The highest BCUT2D eigenvalue weighted by Crippen LogP contribution is 2.19. The highest BCUT2D eigenvalue weighted by molar-refractivity contribution is 5.97. The second kappa shape index (κ2) is 19.4. The first-order chi connectivity index (χ1) is 18.0. The number of benzene rings is 1. The molecule has 1 aromatic carbocycles. The summed E-state index contributed by atoms with van der Waals surface area (Å²) in [6.07, 6.45) is 4.54. The number of carbonyl (C=O) groups is 2. The van der Waals surface area contributed by atoms with E-state index in [-0.39, 0.29) is 28.6 Å². The molecule has 0 spiro atoms. The van der Waals surface area contributed by atoms with Crippen molar-refractivity contribution in [3.8, 4) is 5.75 Å². The first-order valence-electron chi connectivity index (χ1n) is 13.2. The van der Waals surface area contributed by atoms with Gasteiger partial charge in [0.15, 0.2) is 16.9 Å². The molecule has 0 unspecified atom stereocenters. The topological polar surface area (TPSA) is 142 Å². The number of Topliss-reactive ketones (excluding diaryl/α,β-unsaturated/α-hetero) is 2. The maximum absolute atomic E-state index is 12.3. The lowest BCUT2D eigenvalue weighted by Crippen LogP contribution is -2.39. The lowest BCUT2D eigenvalue weighted by Gasteiger charge is -2.08. The van der Waals surface area contributed by atoms with E-state index in [2.05, 4.69) is 18.8 Å². The zero-order valence-corrected chi connectivity index (χ0v) is 24.8. The van der Waals surface area contributed by atoms with E-state index >= 15 is 0 Å². The minimum absolute atomic E-state index is 0.0579. The molecule has 38 heavy (non-hydrogen) atoms. The summed E-state index contributed by atoms with van der Waals surface area (Å²) in [5.41, 5.74) is 6.22. The van der Waals surface area contributed by atoms with Crippen LogP contribution >= 0.6 is 0 Å². The van der Waals surface area contributed by atoms with Crippen molar-refractivity contribution < 1.29 is 14.7 Å². The molecule has 10 nitrogen and oxygen atoms in total. The molecule has 0 atom stereocenters. The van der Waals surface area contributed by atoms with Gasteiger partial charge in [-0.1, -0.05) is 48.0 Å².